The van der Waals surface area contributed by atoms with Crippen LogP contribution in [-0.4, -0.2) is 41.8 Å². The van der Waals surface area contributed by atoms with E-state index in [9.17, 15) is 9.18 Å². The fourth-order valence-electron chi connectivity index (χ4n) is 3.04. The molecular weight excluding hydrogens is 347 g/mol. The summed E-state index contributed by atoms with van der Waals surface area (Å²) in [7, 11) is 0. The number of benzene rings is 2. The van der Waals surface area contributed by atoms with Crippen molar-refractivity contribution in [3.8, 4) is 5.69 Å². The van der Waals surface area contributed by atoms with E-state index in [1.165, 1.54) is 24.7 Å². The Labute approximate surface area is 156 Å². The number of morpholine rings is 1. The molecule has 1 saturated heterocycles. The lowest BCUT2D eigenvalue weighted by Crippen LogP contribution is -2.36. The van der Waals surface area contributed by atoms with Gasteiger partial charge in [0.05, 0.1) is 25.7 Å². The number of amides is 1. The number of imidazole rings is 1. The lowest BCUT2D eigenvalue weighted by molar-refractivity contribution is 0.102. The highest BCUT2D eigenvalue weighted by atomic mass is 19.1. The Morgan fingerprint density at radius 1 is 1.00 bits per heavy atom. The molecule has 1 amide bonds. The van der Waals surface area contributed by atoms with Crippen molar-refractivity contribution in [1.82, 2.24) is 9.55 Å². The molecule has 0 atom stereocenters. The minimum atomic E-state index is -0.328. The Morgan fingerprint density at radius 3 is 2.37 bits per heavy atom. The van der Waals surface area contributed by atoms with Crippen LogP contribution in [0.4, 0.5) is 15.8 Å². The zero-order valence-electron chi connectivity index (χ0n) is 14.6. The molecule has 1 aromatic heterocycles. The molecule has 3 aromatic rings. The molecule has 0 bridgehead atoms. The number of halogens is 1. The molecule has 2 heterocycles. The molecule has 2 aromatic carbocycles. The molecule has 27 heavy (non-hydrogen) atoms. The van der Waals surface area contributed by atoms with E-state index in [0.717, 1.165) is 32.0 Å². The Kier molecular flexibility index (Phi) is 4.84. The van der Waals surface area contributed by atoms with Gasteiger partial charge in [0.25, 0.3) is 5.91 Å². The smallest absolute Gasteiger partial charge is 0.274 e. The SMILES string of the molecule is O=C(Nc1ccc(N2CCOCC2)cc1)c1cncn1-c1ccc(F)cc1. The third-order valence-corrected chi connectivity index (χ3v) is 4.48. The first-order valence-corrected chi connectivity index (χ1v) is 8.73. The number of ether oxygens (including phenoxy) is 1. The van der Waals surface area contributed by atoms with Gasteiger partial charge >= 0.3 is 0 Å². The van der Waals surface area contributed by atoms with Crippen LogP contribution in [0, 0.1) is 5.82 Å². The monoisotopic (exact) mass is 366 g/mol. The number of carbonyl (C=O) groups excluding carboxylic acids is 1. The molecule has 0 unspecified atom stereocenters. The summed E-state index contributed by atoms with van der Waals surface area (Å²) in [5.41, 5.74) is 2.84. The molecule has 0 spiro atoms. The number of hydrogen-bond acceptors (Lipinski definition) is 4. The molecule has 6 nitrogen and oxygen atoms in total. The summed E-state index contributed by atoms with van der Waals surface area (Å²) in [6.45, 7) is 3.18. The summed E-state index contributed by atoms with van der Waals surface area (Å²) in [4.78, 5) is 18.9. The van der Waals surface area contributed by atoms with Gasteiger partial charge in [-0.1, -0.05) is 0 Å². The van der Waals surface area contributed by atoms with Gasteiger partial charge in [0, 0.05) is 30.2 Å². The quantitative estimate of drug-likeness (QED) is 0.771. The Hall–Kier alpha value is -3.19. The number of hydrogen-bond donors (Lipinski definition) is 1. The minimum absolute atomic E-state index is 0.282. The molecule has 0 aliphatic carbocycles. The maximum absolute atomic E-state index is 13.1. The lowest BCUT2D eigenvalue weighted by atomic mass is 10.2. The van der Waals surface area contributed by atoms with E-state index in [0.29, 0.717) is 17.1 Å². The van der Waals surface area contributed by atoms with Crippen molar-refractivity contribution in [2.45, 2.75) is 0 Å². The van der Waals surface area contributed by atoms with Crippen molar-refractivity contribution in [3.63, 3.8) is 0 Å². The van der Waals surface area contributed by atoms with Gasteiger partial charge in [-0.15, -0.1) is 0 Å². The molecule has 1 aliphatic rings. The maximum atomic E-state index is 13.1. The molecule has 0 saturated carbocycles. The molecule has 1 N–H and O–H groups in total. The molecule has 138 valence electrons. The van der Waals surface area contributed by atoms with Gasteiger partial charge in [-0.3, -0.25) is 9.36 Å². The van der Waals surface area contributed by atoms with E-state index in [2.05, 4.69) is 15.2 Å². The van der Waals surface area contributed by atoms with Crippen LogP contribution in [0.2, 0.25) is 0 Å². The van der Waals surface area contributed by atoms with Crippen LogP contribution in [-0.2, 0) is 4.74 Å². The van der Waals surface area contributed by atoms with Gasteiger partial charge in [0.1, 0.15) is 11.5 Å². The summed E-state index contributed by atoms with van der Waals surface area (Å²) in [6, 6.07) is 13.6. The molecule has 7 heteroatoms. The number of nitrogens with zero attached hydrogens (tertiary/aromatic N) is 3. The van der Waals surface area contributed by atoms with Crippen LogP contribution < -0.4 is 10.2 Å². The third-order valence-electron chi connectivity index (χ3n) is 4.48. The van der Waals surface area contributed by atoms with Crippen LogP contribution in [0.1, 0.15) is 10.5 Å². The third kappa shape index (κ3) is 3.83. The van der Waals surface area contributed by atoms with Crippen molar-refractivity contribution in [3.05, 3.63) is 72.6 Å². The van der Waals surface area contributed by atoms with Gasteiger partial charge in [-0.05, 0) is 48.5 Å². The Bertz CT molecular complexity index is 916. The Balaban J connectivity index is 1.48. The number of aromatic nitrogens is 2. The average Bonchev–Trinajstić information content (AvgIpc) is 3.20. The Morgan fingerprint density at radius 2 is 1.67 bits per heavy atom. The molecule has 1 aliphatic heterocycles. The van der Waals surface area contributed by atoms with E-state index in [1.807, 2.05) is 24.3 Å². The van der Waals surface area contributed by atoms with Crippen LogP contribution in [0.3, 0.4) is 0 Å². The summed E-state index contributed by atoms with van der Waals surface area (Å²) in [6.07, 6.45) is 3.02. The van der Waals surface area contributed by atoms with Gasteiger partial charge in [-0.25, -0.2) is 9.37 Å². The highest BCUT2D eigenvalue weighted by Crippen LogP contribution is 2.20. The second kappa shape index (κ2) is 7.59. The fraction of sp³-hybridized carbons (Fsp3) is 0.200. The van der Waals surface area contributed by atoms with Crippen molar-refractivity contribution >= 4 is 17.3 Å². The van der Waals surface area contributed by atoms with E-state index in [4.69, 9.17) is 4.74 Å². The van der Waals surface area contributed by atoms with E-state index in [-0.39, 0.29) is 11.7 Å². The molecular formula is C20H19FN4O2. The lowest BCUT2D eigenvalue weighted by Gasteiger charge is -2.28. The second-order valence-electron chi connectivity index (χ2n) is 6.23. The first-order chi connectivity index (χ1) is 13.2. The molecule has 1 fully saturated rings. The average molecular weight is 366 g/mol. The van der Waals surface area contributed by atoms with Crippen LogP contribution in [0.5, 0.6) is 0 Å². The largest absolute Gasteiger partial charge is 0.378 e. The van der Waals surface area contributed by atoms with Gasteiger partial charge in [-0.2, -0.15) is 0 Å². The van der Waals surface area contributed by atoms with Crippen LogP contribution in [0.15, 0.2) is 61.1 Å². The maximum Gasteiger partial charge on any atom is 0.274 e. The molecule has 4 rings (SSSR count). The molecule has 0 radical (unpaired) electrons. The van der Waals surface area contributed by atoms with E-state index in [1.54, 1.807) is 16.7 Å². The standard InChI is InChI=1S/C20H19FN4O2/c21-15-1-5-18(6-2-15)25-14-22-13-19(25)20(26)23-16-3-7-17(8-4-16)24-9-11-27-12-10-24/h1-8,13-14H,9-12H2,(H,23,26). The highest BCUT2D eigenvalue weighted by Gasteiger charge is 2.15. The normalized spacial score (nSPS) is 14.2. The van der Waals surface area contributed by atoms with Crippen molar-refractivity contribution < 1.29 is 13.9 Å². The van der Waals surface area contributed by atoms with Crippen LogP contribution >= 0.6 is 0 Å². The predicted molar refractivity (Wildman–Crippen MR) is 101 cm³/mol. The number of rotatable bonds is 4. The minimum Gasteiger partial charge on any atom is -0.378 e. The first-order valence-electron chi connectivity index (χ1n) is 8.73. The fourth-order valence-corrected chi connectivity index (χ4v) is 3.04. The number of carbonyl (C=O) groups is 1. The number of anilines is 2. The van der Waals surface area contributed by atoms with E-state index >= 15 is 0 Å². The van der Waals surface area contributed by atoms with Gasteiger partial charge in [0.15, 0.2) is 0 Å². The number of nitrogens with one attached hydrogen (secondary N) is 1. The van der Waals surface area contributed by atoms with Gasteiger partial charge in [0.2, 0.25) is 0 Å². The van der Waals surface area contributed by atoms with Crippen LogP contribution in [0.25, 0.3) is 5.69 Å². The van der Waals surface area contributed by atoms with E-state index < -0.39 is 0 Å². The topological polar surface area (TPSA) is 59.4 Å². The highest BCUT2D eigenvalue weighted by molar-refractivity contribution is 6.03. The second-order valence-corrected chi connectivity index (χ2v) is 6.23. The zero-order valence-corrected chi connectivity index (χ0v) is 14.6. The van der Waals surface area contributed by atoms with Crippen molar-refractivity contribution in [2.75, 3.05) is 36.5 Å². The van der Waals surface area contributed by atoms with Crippen molar-refractivity contribution in [2.24, 2.45) is 0 Å². The summed E-state index contributed by atoms with van der Waals surface area (Å²) in [5, 5.41) is 2.88. The summed E-state index contributed by atoms with van der Waals surface area (Å²) >= 11 is 0. The summed E-state index contributed by atoms with van der Waals surface area (Å²) < 4.78 is 20.1. The van der Waals surface area contributed by atoms with Crippen molar-refractivity contribution in [1.29, 1.82) is 0 Å². The summed E-state index contributed by atoms with van der Waals surface area (Å²) in [5.74, 6) is -0.610. The first kappa shape index (κ1) is 17.2. The van der Waals surface area contributed by atoms with Gasteiger partial charge < -0.3 is 15.0 Å². The zero-order chi connectivity index (χ0) is 18.6. The predicted octanol–water partition coefficient (Wildman–Crippen LogP) is 3.10.